The lowest BCUT2D eigenvalue weighted by Gasteiger charge is -2.18. The van der Waals surface area contributed by atoms with Crippen LogP contribution < -0.4 is 0 Å². The predicted octanol–water partition coefficient (Wildman–Crippen LogP) is 9.29. The standard InChI is InChI=1S/C33H61O8P/c1-3-5-7-9-11-13-14-15-16-17-18-20-21-23-25-27-32(34)39-29-31(30-40-42(36,37)38)41-33(35)28-26-24-22-19-12-10-8-6-4-2/h13-16,31H,3-12,17-30H2,1-2H3,(H2,36,37,38)/b14-13+,16-15+/t31-/m1/s1. The number of allylic oxidation sites excluding steroid dienone is 4. The first-order valence-electron chi connectivity index (χ1n) is 16.6. The molecule has 0 bridgehead atoms. The second-order valence-corrected chi connectivity index (χ2v) is 12.4. The number of phosphoric acid groups is 1. The summed E-state index contributed by atoms with van der Waals surface area (Å²) in [6, 6.07) is 0. The number of hydrogen-bond donors (Lipinski definition) is 2. The summed E-state index contributed by atoms with van der Waals surface area (Å²) in [6.45, 7) is 3.60. The highest BCUT2D eigenvalue weighted by Gasteiger charge is 2.22. The van der Waals surface area contributed by atoms with Gasteiger partial charge in [0.1, 0.15) is 6.61 Å². The van der Waals surface area contributed by atoms with Crippen molar-refractivity contribution in [2.75, 3.05) is 13.2 Å². The average Bonchev–Trinajstić information content (AvgIpc) is 2.95. The molecule has 2 N–H and O–H groups in total. The van der Waals surface area contributed by atoms with Crippen molar-refractivity contribution in [3.05, 3.63) is 24.3 Å². The zero-order valence-corrected chi connectivity index (χ0v) is 27.5. The van der Waals surface area contributed by atoms with Gasteiger partial charge in [0.25, 0.3) is 0 Å². The Morgan fingerprint density at radius 3 is 1.55 bits per heavy atom. The number of esters is 2. The molecule has 42 heavy (non-hydrogen) atoms. The smallest absolute Gasteiger partial charge is 0.462 e. The topological polar surface area (TPSA) is 119 Å². The Morgan fingerprint density at radius 1 is 0.619 bits per heavy atom. The van der Waals surface area contributed by atoms with Crippen molar-refractivity contribution >= 4 is 19.8 Å². The van der Waals surface area contributed by atoms with Crippen LogP contribution in [0.25, 0.3) is 0 Å². The van der Waals surface area contributed by atoms with Crippen molar-refractivity contribution in [3.8, 4) is 0 Å². The van der Waals surface area contributed by atoms with E-state index in [9.17, 15) is 14.2 Å². The molecule has 0 aliphatic heterocycles. The summed E-state index contributed by atoms with van der Waals surface area (Å²) in [4.78, 5) is 42.4. The van der Waals surface area contributed by atoms with Gasteiger partial charge in [-0.25, -0.2) is 4.57 Å². The first-order chi connectivity index (χ1) is 20.3. The second kappa shape index (κ2) is 29.6. The largest absolute Gasteiger partial charge is 0.469 e. The maximum absolute atomic E-state index is 12.2. The van der Waals surface area contributed by atoms with E-state index >= 15 is 0 Å². The number of carbonyl (C=O) groups excluding carboxylic acids is 2. The minimum absolute atomic E-state index is 0.210. The van der Waals surface area contributed by atoms with Crippen molar-refractivity contribution in [2.24, 2.45) is 0 Å². The van der Waals surface area contributed by atoms with E-state index in [1.807, 2.05) is 0 Å². The maximum atomic E-state index is 12.2. The monoisotopic (exact) mass is 616 g/mol. The fraction of sp³-hybridized carbons (Fsp3) is 0.818. The van der Waals surface area contributed by atoms with Crippen LogP contribution in [0, 0.1) is 0 Å². The van der Waals surface area contributed by atoms with E-state index in [4.69, 9.17) is 19.3 Å². The second-order valence-electron chi connectivity index (χ2n) is 11.2. The highest BCUT2D eigenvalue weighted by molar-refractivity contribution is 7.46. The summed E-state index contributed by atoms with van der Waals surface area (Å²) in [6.07, 6.45) is 30.5. The lowest BCUT2D eigenvalue weighted by Crippen LogP contribution is -2.29. The summed E-state index contributed by atoms with van der Waals surface area (Å²) in [5, 5.41) is 0. The van der Waals surface area contributed by atoms with Gasteiger partial charge in [0.2, 0.25) is 0 Å². The third kappa shape index (κ3) is 31.5. The summed E-state index contributed by atoms with van der Waals surface area (Å²) < 4.78 is 26.1. The molecule has 0 aliphatic carbocycles. The van der Waals surface area contributed by atoms with Gasteiger partial charge in [0.15, 0.2) is 6.10 Å². The number of phosphoric ester groups is 1. The minimum atomic E-state index is -4.74. The van der Waals surface area contributed by atoms with Crippen LogP contribution in [0.3, 0.4) is 0 Å². The van der Waals surface area contributed by atoms with Crippen molar-refractivity contribution in [1.82, 2.24) is 0 Å². The van der Waals surface area contributed by atoms with Crippen LogP contribution in [0.15, 0.2) is 24.3 Å². The lowest BCUT2D eigenvalue weighted by atomic mass is 10.1. The molecule has 8 nitrogen and oxygen atoms in total. The molecule has 0 saturated heterocycles. The number of rotatable bonds is 30. The molecule has 0 aliphatic rings. The molecular formula is C33H61O8P. The Bertz CT molecular complexity index is 746. The van der Waals surface area contributed by atoms with Gasteiger partial charge in [-0.3, -0.25) is 14.1 Å². The summed E-state index contributed by atoms with van der Waals surface area (Å²) in [7, 11) is -4.74. The number of unbranched alkanes of at least 4 members (excludes halogenated alkanes) is 17. The van der Waals surface area contributed by atoms with E-state index in [2.05, 4.69) is 42.7 Å². The quantitative estimate of drug-likeness (QED) is 0.0355. The highest BCUT2D eigenvalue weighted by Crippen LogP contribution is 2.35. The van der Waals surface area contributed by atoms with Gasteiger partial charge in [-0.2, -0.15) is 0 Å². The molecule has 9 heteroatoms. The normalized spacial score (nSPS) is 12.8. The molecule has 0 fully saturated rings. The van der Waals surface area contributed by atoms with Crippen molar-refractivity contribution < 1.29 is 37.9 Å². The molecular weight excluding hydrogens is 555 g/mol. The molecule has 0 aromatic rings. The molecule has 0 amide bonds. The van der Waals surface area contributed by atoms with Crippen LogP contribution >= 0.6 is 7.82 Å². The Kier molecular flexibility index (Phi) is 28.6. The number of carbonyl (C=O) groups is 2. The Morgan fingerprint density at radius 2 is 1.05 bits per heavy atom. The van der Waals surface area contributed by atoms with E-state index in [-0.39, 0.29) is 19.4 Å². The molecule has 0 heterocycles. The molecule has 0 spiro atoms. The molecule has 0 saturated carbocycles. The first kappa shape index (κ1) is 40.5. The third-order valence-corrected chi connectivity index (χ3v) is 7.49. The minimum Gasteiger partial charge on any atom is -0.462 e. The number of hydrogen-bond acceptors (Lipinski definition) is 6. The number of ether oxygens (including phenoxy) is 2. The van der Waals surface area contributed by atoms with E-state index in [0.29, 0.717) is 12.8 Å². The van der Waals surface area contributed by atoms with Crippen LogP contribution in [-0.4, -0.2) is 41.0 Å². The van der Waals surface area contributed by atoms with E-state index < -0.39 is 32.5 Å². The van der Waals surface area contributed by atoms with Crippen LogP contribution in [0.5, 0.6) is 0 Å². The van der Waals surface area contributed by atoms with Crippen LogP contribution in [0.2, 0.25) is 0 Å². The zero-order valence-electron chi connectivity index (χ0n) is 26.6. The van der Waals surface area contributed by atoms with Crippen molar-refractivity contribution in [1.29, 1.82) is 0 Å². The van der Waals surface area contributed by atoms with E-state index in [1.165, 1.54) is 57.8 Å². The van der Waals surface area contributed by atoms with Gasteiger partial charge in [-0.15, -0.1) is 0 Å². The van der Waals surface area contributed by atoms with Crippen LogP contribution in [0.4, 0.5) is 0 Å². The van der Waals surface area contributed by atoms with Gasteiger partial charge in [0.05, 0.1) is 6.61 Å². The van der Waals surface area contributed by atoms with Crippen LogP contribution in [-0.2, 0) is 28.2 Å². The highest BCUT2D eigenvalue weighted by atomic mass is 31.2. The SMILES string of the molecule is CCCCCC/C=C/C=C/CCCCCCCC(=O)OC[C@H](COP(=O)(O)O)OC(=O)CCCCCCCCCCC. The van der Waals surface area contributed by atoms with Gasteiger partial charge in [-0.05, 0) is 38.5 Å². The average molecular weight is 617 g/mol. The Labute approximate surface area is 256 Å². The van der Waals surface area contributed by atoms with E-state index in [1.54, 1.807) is 0 Å². The molecule has 0 aromatic heterocycles. The van der Waals surface area contributed by atoms with Gasteiger partial charge < -0.3 is 19.3 Å². The van der Waals surface area contributed by atoms with Crippen molar-refractivity contribution in [3.63, 3.8) is 0 Å². The predicted molar refractivity (Wildman–Crippen MR) is 170 cm³/mol. The van der Waals surface area contributed by atoms with Crippen molar-refractivity contribution in [2.45, 2.75) is 161 Å². The maximum Gasteiger partial charge on any atom is 0.469 e. The molecule has 0 radical (unpaired) electrons. The zero-order chi connectivity index (χ0) is 31.2. The first-order valence-corrected chi connectivity index (χ1v) is 18.2. The van der Waals surface area contributed by atoms with E-state index in [0.717, 1.165) is 57.8 Å². The molecule has 0 unspecified atom stereocenters. The molecule has 246 valence electrons. The summed E-state index contributed by atoms with van der Waals surface area (Å²) >= 11 is 0. The summed E-state index contributed by atoms with van der Waals surface area (Å²) in [5.74, 6) is -0.905. The fourth-order valence-corrected chi connectivity index (χ4v) is 4.84. The van der Waals surface area contributed by atoms with Gasteiger partial charge in [0, 0.05) is 12.8 Å². The molecule has 0 rings (SSSR count). The molecule has 0 aromatic carbocycles. The lowest BCUT2D eigenvalue weighted by molar-refractivity contribution is -0.161. The summed E-state index contributed by atoms with van der Waals surface area (Å²) in [5.41, 5.74) is 0. The Hall–Kier alpha value is -1.47. The third-order valence-electron chi connectivity index (χ3n) is 7.00. The van der Waals surface area contributed by atoms with Crippen LogP contribution in [0.1, 0.15) is 155 Å². The Balaban J connectivity index is 4.03. The van der Waals surface area contributed by atoms with Gasteiger partial charge in [-0.1, -0.05) is 128 Å². The van der Waals surface area contributed by atoms with Gasteiger partial charge >= 0.3 is 19.8 Å². The fourth-order valence-electron chi connectivity index (χ4n) is 4.48. The molecule has 1 atom stereocenters.